The number of aromatic amines is 1. The molecule has 2 fully saturated rings. The van der Waals surface area contributed by atoms with Crippen molar-refractivity contribution in [3.05, 3.63) is 62.8 Å². The van der Waals surface area contributed by atoms with Gasteiger partial charge in [0, 0.05) is 37.0 Å². The predicted octanol–water partition coefficient (Wildman–Crippen LogP) is 2.72. The fourth-order valence-electron chi connectivity index (χ4n) is 4.85. The first-order valence-electron chi connectivity index (χ1n) is 11.0. The minimum Gasteiger partial charge on any atom is -0.336 e. The van der Waals surface area contributed by atoms with Crippen LogP contribution in [0.15, 0.2) is 23.0 Å². The second-order valence-corrected chi connectivity index (χ2v) is 8.98. The van der Waals surface area contributed by atoms with E-state index in [4.69, 9.17) is 4.98 Å². The first-order chi connectivity index (χ1) is 15.0. The van der Waals surface area contributed by atoms with Crippen LogP contribution in [-0.4, -0.2) is 45.3 Å². The van der Waals surface area contributed by atoms with E-state index in [0.717, 1.165) is 49.6 Å². The molecule has 6 nitrogen and oxygen atoms in total. The van der Waals surface area contributed by atoms with E-state index in [9.17, 15) is 18.4 Å². The van der Waals surface area contributed by atoms with Gasteiger partial charge in [0.15, 0.2) is 11.6 Å². The Labute approximate surface area is 179 Å². The Bertz CT molecular complexity index is 1070. The lowest BCUT2D eigenvalue weighted by molar-refractivity contribution is -0.139. The fraction of sp³-hybridized carbons (Fsp3) is 0.522. The molecule has 1 aromatic heterocycles. The number of halogens is 2. The van der Waals surface area contributed by atoms with Crippen molar-refractivity contribution in [2.75, 3.05) is 19.6 Å². The van der Waals surface area contributed by atoms with E-state index >= 15 is 0 Å². The van der Waals surface area contributed by atoms with E-state index in [0.29, 0.717) is 44.0 Å². The zero-order valence-corrected chi connectivity index (χ0v) is 17.4. The lowest BCUT2D eigenvalue weighted by Gasteiger charge is -2.34. The van der Waals surface area contributed by atoms with Gasteiger partial charge in [-0.05, 0) is 49.9 Å². The van der Waals surface area contributed by atoms with Crippen LogP contribution in [-0.2, 0) is 24.3 Å². The Morgan fingerprint density at radius 3 is 2.74 bits per heavy atom. The molecule has 0 spiro atoms. The SMILES string of the molecule is O=C(C1CCC1)N1CCc2c(nc(C3CCN(Cc4ccc(F)c(F)c4)C3)[nH]c2=O)C1. The number of H-pyrrole nitrogens is 1. The van der Waals surface area contributed by atoms with Crippen LogP contribution in [0.4, 0.5) is 8.78 Å². The molecule has 8 heteroatoms. The van der Waals surface area contributed by atoms with Crippen molar-refractivity contribution in [2.24, 2.45) is 5.92 Å². The van der Waals surface area contributed by atoms with Crippen molar-refractivity contribution in [1.82, 2.24) is 19.8 Å². The molecule has 0 bridgehead atoms. The molecule has 1 N–H and O–H groups in total. The number of nitrogens with zero attached hydrogens (tertiary/aromatic N) is 3. The van der Waals surface area contributed by atoms with Gasteiger partial charge in [-0.25, -0.2) is 13.8 Å². The monoisotopic (exact) mass is 428 g/mol. The van der Waals surface area contributed by atoms with Gasteiger partial charge in [-0.15, -0.1) is 0 Å². The van der Waals surface area contributed by atoms with Crippen LogP contribution in [0.3, 0.4) is 0 Å². The van der Waals surface area contributed by atoms with E-state index in [-0.39, 0.29) is 23.3 Å². The van der Waals surface area contributed by atoms with Crippen LogP contribution in [0.1, 0.15) is 54.2 Å². The maximum absolute atomic E-state index is 13.5. The van der Waals surface area contributed by atoms with Crippen molar-refractivity contribution < 1.29 is 13.6 Å². The molecule has 1 aromatic carbocycles. The first-order valence-corrected chi connectivity index (χ1v) is 11.0. The maximum atomic E-state index is 13.5. The van der Waals surface area contributed by atoms with Gasteiger partial charge < -0.3 is 9.88 Å². The highest BCUT2D eigenvalue weighted by molar-refractivity contribution is 5.79. The van der Waals surface area contributed by atoms with E-state index in [2.05, 4.69) is 9.88 Å². The van der Waals surface area contributed by atoms with E-state index in [1.807, 2.05) is 4.90 Å². The Morgan fingerprint density at radius 1 is 1.16 bits per heavy atom. The normalized spacial score (nSPS) is 21.7. The third kappa shape index (κ3) is 4.01. The molecular weight excluding hydrogens is 402 g/mol. The third-order valence-corrected chi connectivity index (χ3v) is 6.91. The van der Waals surface area contributed by atoms with Crippen LogP contribution in [0.5, 0.6) is 0 Å². The number of hydrogen-bond acceptors (Lipinski definition) is 4. The molecule has 1 atom stereocenters. The zero-order valence-electron chi connectivity index (χ0n) is 17.4. The summed E-state index contributed by atoms with van der Waals surface area (Å²) in [5.74, 6) is -0.615. The molecule has 2 aromatic rings. The van der Waals surface area contributed by atoms with Gasteiger partial charge in [0.25, 0.3) is 5.56 Å². The minimum atomic E-state index is -0.844. The molecule has 1 unspecified atom stereocenters. The molecule has 3 heterocycles. The minimum absolute atomic E-state index is 0.0704. The van der Waals surface area contributed by atoms with Crippen LogP contribution in [0, 0.1) is 17.6 Å². The Balaban J connectivity index is 1.29. The highest BCUT2D eigenvalue weighted by Crippen LogP contribution is 2.30. The number of benzene rings is 1. The summed E-state index contributed by atoms with van der Waals surface area (Å²) in [6.45, 7) is 2.99. The Morgan fingerprint density at radius 2 is 2.00 bits per heavy atom. The molecule has 1 aliphatic carbocycles. The molecule has 1 saturated carbocycles. The van der Waals surface area contributed by atoms with Crippen LogP contribution in [0.25, 0.3) is 0 Å². The van der Waals surface area contributed by atoms with Gasteiger partial charge in [-0.2, -0.15) is 0 Å². The summed E-state index contributed by atoms with van der Waals surface area (Å²) in [7, 11) is 0. The summed E-state index contributed by atoms with van der Waals surface area (Å²) in [6, 6.07) is 3.98. The highest BCUT2D eigenvalue weighted by Gasteiger charge is 2.33. The number of hydrogen-bond donors (Lipinski definition) is 1. The summed E-state index contributed by atoms with van der Waals surface area (Å²) in [5.41, 5.74) is 2.03. The summed E-state index contributed by atoms with van der Waals surface area (Å²) >= 11 is 0. The number of aromatic nitrogens is 2. The number of likely N-dealkylation sites (tertiary alicyclic amines) is 1. The van der Waals surface area contributed by atoms with Gasteiger partial charge in [0.05, 0.1) is 12.2 Å². The molecule has 0 radical (unpaired) electrons. The van der Waals surface area contributed by atoms with Gasteiger partial charge >= 0.3 is 0 Å². The third-order valence-electron chi connectivity index (χ3n) is 6.91. The molecule has 31 heavy (non-hydrogen) atoms. The average molecular weight is 428 g/mol. The summed E-state index contributed by atoms with van der Waals surface area (Å²) in [4.78, 5) is 37.0. The van der Waals surface area contributed by atoms with Crippen molar-refractivity contribution in [2.45, 2.75) is 51.1 Å². The molecule has 3 aliphatic rings. The van der Waals surface area contributed by atoms with Crippen molar-refractivity contribution in [1.29, 1.82) is 0 Å². The number of fused-ring (bicyclic) bond motifs is 1. The number of rotatable bonds is 4. The van der Waals surface area contributed by atoms with Gasteiger partial charge in [-0.3, -0.25) is 14.5 Å². The smallest absolute Gasteiger partial charge is 0.254 e. The quantitative estimate of drug-likeness (QED) is 0.813. The molecular formula is C23H26F2N4O2. The van der Waals surface area contributed by atoms with E-state index in [1.54, 1.807) is 6.07 Å². The summed E-state index contributed by atoms with van der Waals surface area (Å²) < 4.78 is 26.7. The second kappa shape index (κ2) is 8.15. The molecule has 5 rings (SSSR count). The van der Waals surface area contributed by atoms with Gasteiger partial charge in [-0.1, -0.05) is 12.5 Å². The Kier molecular flexibility index (Phi) is 5.33. The van der Waals surface area contributed by atoms with Crippen LogP contribution < -0.4 is 5.56 Å². The van der Waals surface area contributed by atoms with Crippen molar-refractivity contribution in [3.63, 3.8) is 0 Å². The molecule has 1 saturated heterocycles. The predicted molar refractivity (Wildman–Crippen MR) is 110 cm³/mol. The number of amides is 1. The lowest BCUT2D eigenvalue weighted by Crippen LogP contribution is -2.43. The molecule has 2 aliphatic heterocycles. The average Bonchev–Trinajstić information content (AvgIpc) is 3.17. The largest absolute Gasteiger partial charge is 0.336 e. The fourth-order valence-corrected chi connectivity index (χ4v) is 4.85. The maximum Gasteiger partial charge on any atom is 0.254 e. The summed E-state index contributed by atoms with van der Waals surface area (Å²) in [6.07, 6.45) is 4.42. The standard InChI is InChI=1S/C23H26F2N4O2/c24-18-5-4-14(10-19(18)25)11-28-8-6-16(12-28)21-26-20-13-29(23(31)15-2-1-3-15)9-7-17(20)22(30)27-21/h4-5,10,15-16H,1-3,6-9,11-13H2,(H,26,27,30). The number of carbonyl (C=O) groups is 1. The number of carbonyl (C=O) groups excluding carboxylic acids is 1. The van der Waals surface area contributed by atoms with Crippen LogP contribution >= 0.6 is 0 Å². The van der Waals surface area contributed by atoms with Crippen LogP contribution in [0.2, 0.25) is 0 Å². The zero-order chi connectivity index (χ0) is 21.5. The first kappa shape index (κ1) is 20.3. The highest BCUT2D eigenvalue weighted by atomic mass is 19.2. The van der Waals surface area contributed by atoms with Crippen molar-refractivity contribution in [3.8, 4) is 0 Å². The topological polar surface area (TPSA) is 69.3 Å². The second-order valence-electron chi connectivity index (χ2n) is 8.98. The summed E-state index contributed by atoms with van der Waals surface area (Å²) in [5, 5.41) is 0. The molecule has 164 valence electrons. The van der Waals surface area contributed by atoms with E-state index < -0.39 is 11.6 Å². The van der Waals surface area contributed by atoms with Crippen molar-refractivity contribution >= 4 is 5.91 Å². The molecule has 1 amide bonds. The van der Waals surface area contributed by atoms with Gasteiger partial charge in [0.2, 0.25) is 5.91 Å². The number of nitrogens with one attached hydrogen (secondary N) is 1. The van der Waals surface area contributed by atoms with Gasteiger partial charge in [0.1, 0.15) is 5.82 Å². The lowest BCUT2D eigenvalue weighted by atomic mass is 9.84. The van der Waals surface area contributed by atoms with E-state index in [1.165, 1.54) is 6.07 Å². The Hall–Kier alpha value is -2.61.